The first-order valence-electron chi connectivity index (χ1n) is 11.1. The number of aliphatic hydroxyl groups is 1. The number of primary amides is 1. The van der Waals surface area contributed by atoms with Crippen LogP contribution in [0.1, 0.15) is 67.3 Å². The van der Waals surface area contributed by atoms with E-state index in [1.807, 2.05) is 10.9 Å². The number of carbonyl (C=O) groups is 1. The lowest BCUT2D eigenvalue weighted by Gasteiger charge is -2.27. The number of benzene rings is 1. The Labute approximate surface area is 208 Å². The molecule has 1 aromatic carbocycles. The minimum Gasteiger partial charge on any atom is -0.386 e. The molecule has 4 rings (SSSR count). The molecule has 1 aliphatic rings. The number of fused-ring (bicyclic) bond motifs is 1. The van der Waals surface area contributed by atoms with Crippen molar-refractivity contribution >= 4 is 39.4 Å². The number of halogens is 4. The van der Waals surface area contributed by atoms with Crippen molar-refractivity contribution in [2.75, 3.05) is 4.43 Å². The highest BCUT2D eigenvalue weighted by Crippen LogP contribution is 2.39. The predicted octanol–water partition coefficient (Wildman–Crippen LogP) is 5.61. The summed E-state index contributed by atoms with van der Waals surface area (Å²) in [6.07, 6.45) is 1.54. The fraction of sp³-hybridized carbons (Fsp3) is 0.458. The standard InChI is InChI=1S/C24H26F3IN4O2/c1-23(2,34)18-10-19-14(12-32(31-19)15-5-3-13(11-28)4-6-15)9-17(18)16-7-8-20(24(25,26)27)30-21(16)22(29)33/h7-10,12-13,15,34H,3-6,11H2,1-2H3,(H2,29,33). The van der Waals surface area contributed by atoms with Crippen LogP contribution in [0, 0.1) is 5.92 Å². The minimum absolute atomic E-state index is 0.134. The number of aromatic nitrogens is 3. The van der Waals surface area contributed by atoms with Gasteiger partial charge in [0.25, 0.3) is 5.91 Å². The van der Waals surface area contributed by atoms with Gasteiger partial charge < -0.3 is 10.8 Å². The molecule has 0 spiro atoms. The number of nitrogens with two attached hydrogens (primary N) is 1. The molecule has 0 radical (unpaired) electrons. The zero-order chi connectivity index (χ0) is 24.8. The molecule has 0 bridgehead atoms. The van der Waals surface area contributed by atoms with E-state index in [1.165, 1.54) is 6.07 Å². The highest BCUT2D eigenvalue weighted by Gasteiger charge is 2.34. The number of hydrogen-bond donors (Lipinski definition) is 2. The molecule has 0 unspecified atom stereocenters. The maximum Gasteiger partial charge on any atom is 0.433 e. The maximum atomic E-state index is 13.2. The molecule has 0 aliphatic heterocycles. The van der Waals surface area contributed by atoms with Gasteiger partial charge in [-0.3, -0.25) is 9.48 Å². The monoisotopic (exact) mass is 586 g/mol. The van der Waals surface area contributed by atoms with Crippen LogP contribution in [-0.4, -0.2) is 30.2 Å². The summed E-state index contributed by atoms with van der Waals surface area (Å²) in [6, 6.07) is 5.73. The number of hydrogen-bond acceptors (Lipinski definition) is 4. The first kappa shape index (κ1) is 24.9. The van der Waals surface area contributed by atoms with Crippen LogP contribution in [0.15, 0.2) is 30.5 Å². The SMILES string of the molecule is CC(C)(O)c1cc2nn(C3CCC(CI)CC3)cc2cc1-c1ccc(C(F)(F)F)nc1C(N)=O. The lowest BCUT2D eigenvalue weighted by atomic mass is 9.87. The molecule has 3 aromatic rings. The van der Waals surface area contributed by atoms with Crippen LogP contribution in [0.2, 0.25) is 0 Å². The molecule has 1 aliphatic carbocycles. The van der Waals surface area contributed by atoms with E-state index in [-0.39, 0.29) is 11.6 Å². The lowest BCUT2D eigenvalue weighted by molar-refractivity contribution is -0.141. The smallest absolute Gasteiger partial charge is 0.386 e. The molecule has 1 saturated carbocycles. The Kier molecular flexibility index (Phi) is 6.67. The van der Waals surface area contributed by atoms with E-state index in [0.29, 0.717) is 16.6 Å². The molecular formula is C24H26F3IN4O2. The van der Waals surface area contributed by atoms with Gasteiger partial charge in [0.1, 0.15) is 11.4 Å². The van der Waals surface area contributed by atoms with Crippen molar-refractivity contribution < 1.29 is 23.1 Å². The van der Waals surface area contributed by atoms with Crippen molar-refractivity contribution in [2.24, 2.45) is 11.7 Å². The van der Waals surface area contributed by atoms with Crippen LogP contribution in [-0.2, 0) is 11.8 Å². The van der Waals surface area contributed by atoms with Crippen LogP contribution in [0.25, 0.3) is 22.0 Å². The second-order valence-corrected chi connectivity index (χ2v) is 10.3. The molecule has 1 fully saturated rings. The first-order valence-corrected chi connectivity index (χ1v) is 12.6. The maximum absolute atomic E-state index is 13.2. The summed E-state index contributed by atoms with van der Waals surface area (Å²) in [6.45, 7) is 3.14. The van der Waals surface area contributed by atoms with Gasteiger partial charge >= 0.3 is 6.18 Å². The summed E-state index contributed by atoms with van der Waals surface area (Å²) in [5.41, 5.74) is 3.96. The van der Waals surface area contributed by atoms with Crippen molar-refractivity contribution in [3.05, 3.63) is 47.4 Å². The highest BCUT2D eigenvalue weighted by molar-refractivity contribution is 14.1. The minimum atomic E-state index is -4.72. The Morgan fingerprint density at radius 3 is 2.41 bits per heavy atom. The lowest BCUT2D eigenvalue weighted by Crippen LogP contribution is -2.21. The van der Waals surface area contributed by atoms with Crippen LogP contribution in [0.4, 0.5) is 13.2 Å². The summed E-state index contributed by atoms with van der Waals surface area (Å²) in [5.74, 6) is -0.347. The molecule has 0 saturated heterocycles. The van der Waals surface area contributed by atoms with Crippen molar-refractivity contribution in [2.45, 2.75) is 57.3 Å². The predicted molar refractivity (Wildman–Crippen MR) is 132 cm³/mol. The number of pyridine rings is 1. The van der Waals surface area contributed by atoms with Gasteiger partial charge in [0.15, 0.2) is 0 Å². The number of carbonyl (C=O) groups excluding carboxylic acids is 1. The van der Waals surface area contributed by atoms with Gasteiger partial charge in [0.05, 0.1) is 17.2 Å². The van der Waals surface area contributed by atoms with E-state index < -0.39 is 29.1 Å². The normalized spacial score (nSPS) is 19.5. The summed E-state index contributed by atoms with van der Waals surface area (Å²) in [5, 5.41) is 16.4. The zero-order valence-electron chi connectivity index (χ0n) is 18.9. The molecule has 1 amide bonds. The number of alkyl halides is 4. The molecule has 10 heteroatoms. The van der Waals surface area contributed by atoms with Gasteiger partial charge in [-0.05, 0) is 80.8 Å². The van der Waals surface area contributed by atoms with Gasteiger partial charge in [0, 0.05) is 21.6 Å². The molecule has 34 heavy (non-hydrogen) atoms. The van der Waals surface area contributed by atoms with E-state index in [2.05, 4.69) is 27.6 Å². The third-order valence-electron chi connectivity index (χ3n) is 6.44. The summed E-state index contributed by atoms with van der Waals surface area (Å²) in [7, 11) is 0. The van der Waals surface area contributed by atoms with Gasteiger partial charge in [-0.2, -0.15) is 18.3 Å². The number of rotatable bonds is 5. The largest absolute Gasteiger partial charge is 0.433 e. The quantitative estimate of drug-likeness (QED) is 0.300. The second-order valence-electron chi connectivity index (χ2n) is 9.41. The Balaban J connectivity index is 1.85. The van der Waals surface area contributed by atoms with E-state index in [1.54, 1.807) is 26.0 Å². The van der Waals surface area contributed by atoms with Gasteiger partial charge in [-0.1, -0.05) is 22.6 Å². The van der Waals surface area contributed by atoms with E-state index in [9.17, 15) is 23.1 Å². The zero-order valence-corrected chi connectivity index (χ0v) is 21.0. The van der Waals surface area contributed by atoms with Gasteiger partial charge in [0.2, 0.25) is 0 Å². The number of amides is 1. The van der Waals surface area contributed by atoms with Crippen LogP contribution in [0.3, 0.4) is 0 Å². The highest BCUT2D eigenvalue weighted by atomic mass is 127. The van der Waals surface area contributed by atoms with Crippen LogP contribution < -0.4 is 5.73 Å². The molecule has 3 N–H and O–H groups in total. The topological polar surface area (TPSA) is 94.0 Å². The third-order valence-corrected chi connectivity index (χ3v) is 7.68. The van der Waals surface area contributed by atoms with Crippen molar-refractivity contribution in [3.8, 4) is 11.1 Å². The fourth-order valence-corrected chi connectivity index (χ4v) is 5.47. The van der Waals surface area contributed by atoms with Crippen molar-refractivity contribution in [1.82, 2.24) is 14.8 Å². The molecule has 2 heterocycles. The summed E-state index contributed by atoms with van der Waals surface area (Å²) >= 11 is 2.43. The first-order chi connectivity index (χ1) is 15.9. The second kappa shape index (κ2) is 9.10. The molecular weight excluding hydrogens is 560 g/mol. The number of nitrogens with zero attached hydrogens (tertiary/aromatic N) is 3. The Morgan fingerprint density at radius 1 is 1.18 bits per heavy atom. The average molecular weight is 586 g/mol. The fourth-order valence-electron chi connectivity index (χ4n) is 4.59. The Morgan fingerprint density at radius 2 is 1.85 bits per heavy atom. The van der Waals surface area contributed by atoms with Gasteiger partial charge in [-0.25, -0.2) is 4.98 Å². The average Bonchev–Trinajstić information content (AvgIpc) is 3.20. The molecule has 0 atom stereocenters. The van der Waals surface area contributed by atoms with Crippen molar-refractivity contribution in [3.63, 3.8) is 0 Å². The van der Waals surface area contributed by atoms with E-state index >= 15 is 0 Å². The summed E-state index contributed by atoms with van der Waals surface area (Å²) < 4.78 is 42.7. The van der Waals surface area contributed by atoms with Crippen LogP contribution in [0.5, 0.6) is 0 Å². The molecule has 6 nitrogen and oxygen atoms in total. The van der Waals surface area contributed by atoms with E-state index in [4.69, 9.17) is 10.8 Å². The molecule has 2 aromatic heterocycles. The molecule has 182 valence electrons. The van der Waals surface area contributed by atoms with E-state index in [0.717, 1.165) is 47.5 Å². The summed E-state index contributed by atoms with van der Waals surface area (Å²) in [4.78, 5) is 15.6. The van der Waals surface area contributed by atoms with Crippen molar-refractivity contribution in [1.29, 1.82) is 0 Å². The third kappa shape index (κ3) is 4.93. The Hall–Kier alpha value is -2.21. The van der Waals surface area contributed by atoms with Gasteiger partial charge in [-0.15, -0.1) is 0 Å². The Bertz CT molecular complexity index is 1230. The van der Waals surface area contributed by atoms with Crippen LogP contribution >= 0.6 is 22.6 Å².